The molecule has 0 N–H and O–H groups in total. The van der Waals surface area contributed by atoms with Gasteiger partial charge in [0.25, 0.3) is 0 Å². The summed E-state index contributed by atoms with van der Waals surface area (Å²) in [5.41, 5.74) is -0.00746. The first kappa shape index (κ1) is 14.9. The van der Waals surface area contributed by atoms with Gasteiger partial charge in [0.1, 0.15) is 17.6 Å². The number of nitrogens with zero attached hydrogens (tertiary/aromatic N) is 3. The van der Waals surface area contributed by atoms with Crippen LogP contribution < -0.4 is 4.74 Å². The van der Waals surface area contributed by atoms with E-state index in [1.54, 1.807) is 6.07 Å². The lowest BCUT2D eigenvalue weighted by atomic mass is 10.1. The number of benzene rings is 1. The Labute approximate surface area is 120 Å². The number of nitriles is 1. The number of hydrogen-bond donors (Lipinski definition) is 0. The summed E-state index contributed by atoms with van der Waals surface area (Å²) in [6, 6.07) is 5.83. The van der Waals surface area contributed by atoms with Crippen LogP contribution in [0.2, 0.25) is 0 Å². The van der Waals surface area contributed by atoms with E-state index in [2.05, 4.69) is 9.97 Å². The number of hydrogen-bond acceptors (Lipinski definition) is 6. The molecule has 0 aliphatic carbocycles. The third kappa shape index (κ3) is 2.98. The molecule has 0 amide bonds. The highest BCUT2D eigenvalue weighted by Crippen LogP contribution is 2.27. The smallest absolute Gasteiger partial charge is 0.248 e. The lowest BCUT2D eigenvalue weighted by molar-refractivity contribution is 0.411. The standard InChI is InChI=1S/C13H10FN3O3S/c1-20-8-3-4-9(11(14)5-8)10-7-16-13(21(2,18)19)17-12(10)6-15/h3-5,7H,1-2H3. The van der Waals surface area contributed by atoms with E-state index in [1.807, 2.05) is 0 Å². The Balaban J connectivity index is 2.63. The molecule has 1 heterocycles. The maximum atomic E-state index is 14.0. The maximum Gasteiger partial charge on any atom is 0.248 e. The van der Waals surface area contributed by atoms with Gasteiger partial charge in [0.05, 0.1) is 7.11 Å². The summed E-state index contributed by atoms with van der Waals surface area (Å²) in [6.45, 7) is 0. The molecule has 21 heavy (non-hydrogen) atoms. The largest absolute Gasteiger partial charge is 0.497 e. The second-order valence-electron chi connectivity index (χ2n) is 4.14. The van der Waals surface area contributed by atoms with Gasteiger partial charge in [-0.2, -0.15) is 5.26 Å². The summed E-state index contributed by atoms with van der Waals surface area (Å²) in [4.78, 5) is 7.33. The van der Waals surface area contributed by atoms with Gasteiger partial charge < -0.3 is 4.74 Å². The van der Waals surface area contributed by atoms with E-state index >= 15 is 0 Å². The molecular formula is C13H10FN3O3S. The Hall–Kier alpha value is -2.53. The van der Waals surface area contributed by atoms with Gasteiger partial charge in [0.15, 0.2) is 5.69 Å². The van der Waals surface area contributed by atoms with Crippen LogP contribution in [0.5, 0.6) is 5.75 Å². The Morgan fingerprint density at radius 3 is 2.57 bits per heavy atom. The Kier molecular flexibility index (Phi) is 3.86. The minimum Gasteiger partial charge on any atom is -0.497 e. The molecule has 0 fully saturated rings. The molecule has 6 nitrogen and oxygen atoms in total. The van der Waals surface area contributed by atoms with Crippen molar-refractivity contribution in [2.75, 3.05) is 13.4 Å². The molecule has 1 aromatic carbocycles. The highest BCUT2D eigenvalue weighted by Gasteiger charge is 2.17. The van der Waals surface area contributed by atoms with Gasteiger partial charge in [-0.05, 0) is 12.1 Å². The second kappa shape index (κ2) is 5.46. The van der Waals surface area contributed by atoms with Crippen molar-refractivity contribution >= 4 is 9.84 Å². The van der Waals surface area contributed by atoms with E-state index in [0.29, 0.717) is 5.75 Å². The fourth-order valence-electron chi connectivity index (χ4n) is 1.67. The van der Waals surface area contributed by atoms with Gasteiger partial charge in [-0.25, -0.2) is 22.8 Å². The lowest BCUT2D eigenvalue weighted by Crippen LogP contribution is -2.06. The molecule has 0 spiro atoms. The number of halogens is 1. The van der Waals surface area contributed by atoms with Crippen LogP contribution in [0.4, 0.5) is 4.39 Å². The Bertz CT molecular complexity index is 844. The molecule has 2 rings (SSSR count). The summed E-state index contributed by atoms with van der Waals surface area (Å²) in [5, 5.41) is 8.60. The number of rotatable bonds is 3. The average molecular weight is 307 g/mol. The van der Waals surface area contributed by atoms with Crippen molar-refractivity contribution in [1.29, 1.82) is 5.26 Å². The molecule has 0 saturated heterocycles. The molecule has 0 unspecified atom stereocenters. The first-order valence-electron chi connectivity index (χ1n) is 5.68. The van der Waals surface area contributed by atoms with E-state index in [-0.39, 0.29) is 16.8 Å². The van der Waals surface area contributed by atoms with Crippen molar-refractivity contribution in [3.8, 4) is 22.9 Å². The Morgan fingerprint density at radius 1 is 1.33 bits per heavy atom. The summed E-state index contributed by atoms with van der Waals surface area (Å²) >= 11 is 0. The SMILES string of the molecule is COc1ccc(-c2cnc(S(C)(=O)=O)nc2C#N)c(F)c1. The van der Waals surface area contributed by atoms with Crippen LogP contribution in [0.25, 0.3) is 11.1 Å². The van der Waals surface area contributed by atoms with E-state index in [9.17, 15) is 12.8 Å². The maximum absolute atomic E-state index is 14.0. The predicted octanol–water partition coefficient (Wildman–Crippen LogP) is 1.57. The van der Waals surface area contributed by atoms with Crippen LogP contribution in [0.15, 0.2) is 29.6 Å². The van der Waals surface area contributed by atoms with Crippen LogP contribution in [0.3, 0.4) is 0 Å². The summed E-state index contributed by atoms with van der Waals surface area (Å²) in [5.74, 6) is -0.301. The van der Waals surface area contributed by atoms with Gasteiger partial charge in [0, 0.05) is 29.6 Å². The molecule has 8 heteroatoms. The first-order chi connectivity index (χ1) is 9.86. The zero-order valence-electron chi connectivity index (χ0n) is 11.2. The predicted molar refractivity (Wildman–Crippen MR) is 71.8 cm³/mol. The highest BCUT2D eigenvalue weighted by atomic mass is 32.2. The lowest BCUT2D eigenvalue weighted by Gasteiger charge is -2.07. The normalized spacial score (nSPS) is 11.0. The molecule has 0 aliphatic heterocycles. The second-order valence-corrected chi connectivity index (χ2v) is 6.05. The fourth-order valence-corrected chi connectivity index (χ4v) is 2.17. The van der Waals surface area contributed by atoms with Crippen molar-refractivity contribution in [1.82, 2.24) is 9.97 Å². The number of aromatic nitrogens is 2. The van der Waals surface area contributed by atoms with Crippen LogP contribution in [-0.4, -0.2) is 31.8 Å². The third-order valence-electron chi connectivity index (χ3n) is 2.67. The summed E-state index contributed by atoms with van der Waals surface area (Å²) in [7, 11) is -2.24. The monoisotopic (exact) mass is 307 g/mol. The molecule has 0 atom stereocenters. The van der Waals surface area contributed by atoms with Crippen molar-refractivity contribution in [2.24, 2.45) is 0 Å². The van der Waals surface area contributed by atoms with Crippen LogP contribution in [0.1, 0.15) is 5.69 Å². The number of ether oxygens (including phenoxy) is 1. The van der Waals surface area contributed by atoms with Crippen molar-refractivity contribution in [2.45, 2.75) is 5.16 Å². The molecule has 1 aromatic heterocycles. The van der Waals surface area contributed by atoms with Crippen molar-refractivity contribution < 1.29 is 17.5 Å². The van der Waals surface area contributed by atoms with Gasteiger partial charge in [-0.3, -0.25) is 0 Å². The first-order valence-corrected chi connectivity index (χ1v) is 7.57. The molecular weight excluding hydrogens is 297 g/mol. The Morgan fingerprint density at radius 2 is 2.05 bits per heavy atom. The molecule has 0 radical (unpaired) electrons. The highest BCUT2D eigenvalue weighted by molar-refractivity contribution is 7.90. The van der Waals surface area contributed by atoms with Gasteiger partial charge >= 0.3 is 0 Å². The van der Waals surface area contributed by atoms with Crippen LogP contribution in [0, 0.1) is 17.1 Å². The third-order valence-corrected chi connectivity index (χ3v) is 3.53. The van der Waals surface area contributed by atoms with E-state index in [1.165, 1.54) is 19.2 Å². The minimum atomic E-state index is -3.64. The van der Waals surface area contributed by atoms with E-state index in [4.69, 9.17) is 10.00 Å². The summed E-state index contributed by atoms with van der Waals surface area (Å²) < 4.78 is 41.6. The van der Waals surface area contributed by atoms with Gasteiger partial charge in [0.2, 0.25) is 15.0 Å². The molecule has 0 aliphatic rings. The van der Waals surface area contributed by atoms with Crippen LogP contribution >= 0.6 is 0 Å². The van der Waals surface area contributed by atoms with Crippen LogP contribution in [-0.2, 0) is 9.84 Å². The molecule has 108 valence electrons. The average Bonchev–Trinajstić information content (AvgIpc) is 2.45. The number of sulfone groups is 1. The molecule has 0 bridgehead atoms. The quantitative estimate of drug-likeness (QED) is 0.799. The zero-order valence-corrected chi connectivity index (χ0v) is 12.0. The fraction of sp³-hybridized carbons (Fsp3) is 0.154. The van der Waals surface area contributed by atoms with Gasteiger partial charge in [-0.1, -0.05) is 0 Å². The number of methoxy groups -OCH3 is 1. The minimum absolute atomic E-state index is 0.0902. The molecule has 2 aromatic rings. The van der Waals surface area contributed by atoms with Gasteiger partial charge in [-0.15, -0.1) is 0 Å². The molecule has 0 saturated carbocycles. The van der Waals surface area contributed by atoms with Crippen molar-refractivity contribution in [3.63, 3.8) is 0 Å². The van der Waals surface area contributed by atoms with E-state index < -0.39 is 20.8 Å². The summed E-state index contributed by atoms with van der Waals surface area (Å²) in [6.07, 6.45) is 2.05. The van der Waals surface area contributed by atoms with E-state index in [0.717, 1.165) is 18.5 Å². The zero-order chi connectivity index (χ0) is 15.6. The van der Waals surface area contributed by atoms with Crippen molar-refractivity contribution in [3.05, 3.63) is 35.9 Å². The topological polar surface area (TPSA) is 92.9 Å².